The van der Waals surface area contributed by atoms with Crippen LogP contribution in [0.25, 0.3) is 5.70 Å². The Balaban J connectivity index is 2.34. The summed E-state index contributed by atoms with van der Waals surface area (Å²) in [5.74, 6) is 0.0765. The number of nitrogens with one attached hydrogen (secondary N) is 1. The molecule has 6 nitrogen and oxygen atoms in total. The molecule has 0 unspecified atom stereocenters. The molecule has 0 atom stereocenters. The van der Waals surface area contributed by atoms with Crippen LogP contribution >= 0.6 is 11.6 Å². The van der Waals surface area contributed by atoms with Gasteiger partial charge in [0.05, 0.1) is 29.4 Å². The number of hydrogen-bond donors (Lipinski definition) is 1. The molecular formula is C12H15ClN4O2. The van der Waals surface area contributed by atoms with Crippen LogP contribution in [0.15, 0.2) is 11.2 Å². The maximum atomic E-state index is 11.7. The number of carbonyl (C=O) groups excluding carboxylic acids is 1. The third-order valence-electron chi connectivity index (χ3n) is 2.75. The Labute approximate surface area is 116 Å². The lowest BCUT2D eigenvalue weighted by atomic mass is 10.2. The number of carbonyl (C=O) groups is 1. The number of hydrazine groups is 1. The van der Waals surface area contributed by atoms with Gasteiger partial charge in [0.25, 0.3) is 0 Å². The van der Waals surface area contributed by atoms with Gasteiger partial charge >= 0.3 is 5.97 Å². The summed E-state index contributed by atoms with van der Waals surface area (Å²) in [5, 5.41) is 2.41. The quantitative estimate of drug-likeness (QED) is 0.844. The Morgan fingerprint density at radius 1 is 1.63 bits per heavy atom. The van der Waals surface area contributed by atoms with E-state index < -0.39 is 5.97 Å². The molecule has 2 rings (SSSR count). The van der Waals surface area contributed by atoms with Crippen LogP contribution < -0.4 is 5.43 Å². The number of esters is 1. The van der Waals surface area contributed by atoms with Crippen LogP contribution in [0.4, 0.5) is 0 Å². The van der Waals surface area contributed by atoms with E-state index in [1.165, 1.54) is 6.20 Å². The molecule has 1 aliphatic heterocycles. The van der Waals surface area contributed by atoms with Crippen molar-refractivity contribution < 1.29 is 9.53 Å². The molecule has 0 bridgehead atoms. The third-order valence-corrected chi connectivity index (χ3v) is 3.06. The van der Waals surface area contributed by atoms with Gasteiger partial charge in [-0.1, -0.05) is 11.6 Å². The molecule has 0 spiro atoms. The van der Waals surface area contributed by atoms with Gasteiger partial charge in [-0.25, -0.2) is 20.2 Å². The first-order valence-corrected chi connectivity index (χ1v) is 6.29. The van der Waals surface area contributed by atoms with Gasteiger partial charge in [-0.3, -0.25) is 0 Å². The molecule has 0 radical (unpaired) electrons. The largest absolute Gasteiger partial charge is 0.462 e. The van der Waals surface area contributed by atoms with Crippen molar-refractivity contribution in [2.45, 2.75) is 13.8 Å². The van der Waals surface area contributed by atoms with Crippen LogP contribution in [0, 0.1) is 6.92 Å². The van der Waals surface area contributed by atoms with Gasteiger partial charge in [0.2, 0.25) is 0 Å². The highest BCUT2D eigenvalue weighted by Gasteiger charge is 2.23. The van der Waals surface area contributed by atoms with Crippen LogP contribution in [0.2, 0.25) is 0 Å². The first-order chi connectivity index (χ1) is 9.04. The van der Waals surface area contributed by atoms with E-state index in [9.17, 15) is 4.79 Å². The average Bonchev–Trinajstić information content (AvgIpc) is 2.69. The molecule has 1 aromatic rings. The molecule has 0 saturated carbocycles. The van der Waals surface area contributed by atoms with Crippen molar-refractivity contribution in [3.05, 3.63) is 28.3 Å². The molecule has 0 fully saturated rings. The Morgan fingerprint density at radius 2 is 2.37 bits per heavy atom. The van der Waals surface area contributed by atoms with Gasteiger partial charge in [0.1, 0.15) is 5.70 Å². The third kappa shape index (κ3) is 2.69. The second-order valence-electron chi connectivity index (χ2n) is 4.06. The number of aromatic nitrogens is 2. The van der Waals surface area contributed by atoms with Crippen LogP contribution in [0.3, 0.4) is 0 Å². The smallest absolute Gasteiger partial charge is 0.341 e. The molecule has 1 N–H and O–H groups in total. The molecular weight excluding hydrogens is 268 g/mol. The van der Waals surface area contributed by atoms with Crippen LogP contribution in [-0.2, 0) is 4.74 Å². The number of nitrogens with zero attached hydrogens (tertiary/aromatic N) is 3. The predicted molar refractivity (Wildman–Crippen MR) is 71.3 cm³/mol. The molecule has 2 heterocycles. The Kier molecular flexibility index (Phi) is 4.01. The minimum atomic E-state index is -0.412. The fraction of sp³-hybridized carbons (Fsp3) is 0.417. The van der Waals surface area contributed by atoms with Crippen molar-refractivity contribution in [2.24, 2.45) is 0 Å². The topological polar surface area (TPSA) is 67.3 Å². The van der Waals surface area contributed by atoms with Crippen LogP contribution in [0.1, 0.15) is 28.8 Å². The second kappa shape index (κ2) is 5.54. The van der Waals surface area contributed by atoms with E-state index in [4.69, 9.17) is 16.3 Å². The van der Waals surface area contributed by atoms with Crippen molar-refractivity contribution in [3.63, 3.8) is 0 Å². The highest BCUT2D eigenvalue weighted by Crippen LogP contribution is 2.25. The molecule has 1 aliphatic rings. The molecule has 102 valence electrons. The maximum absolute atomic E-state index is 11.7. The lowest BCUT2D eigenvalue weighted by molar-refractivity contribution is 0.0524. The Hall–Kier alpha value is -1.66. The van der Waals surface area contributed by atoms with E-state index in [-0.39, 0.29) is 0 Å². The van der Waals surface area contributed by atoms with E-state index in [0.29, 0.717) is 35.3 Å². The van der Waals surface area contributed by atoms with E-state index >= 15 is 0 Å². The standard InChI is InChI=1S/C12H15ClN4O2/c1-4-19-12(18)8-5-14-11(16-7(8)2)10-9(13)6-15-17(10)3/h5,15H,4,6H2,1-3H3. The summed E-state index contributed by atoms with van der Waals surface area (Å²) in [6, 6.07) is 0. The summed E-state index contributed by atoms with van der Waals surface area (Å²) in [4.78, 5) is 20.2. The van der Waals surface area contributed by atoms with Gasteiger partial charge in [0.15, 0.2) is 5.82 Å². The predicted octanol–water partition coefficient (Wildman–Crippen LogP) is 1.32. The van der Waals surface area contributed by atoms with Gasteiger partial charge in [-0.15, -0.1) is 0 Å². The molecule has 0 aliphatic carbocycles. The Bertz CT molecular complexity index is 545. The van der Waals surface area contributed by atoms with E-state index in [0.717, 1.165) is 5.70 Å². The monoisotopic (exact) mass is 282 g/mol. The maximum Gasteiger partial charge on any atom is 0.341 e. The first-order valence-electron chi connectivity index (χ1n) is 5.91. The van der Waals surface area contributed by atoms with Gasteiger partial charge in [-0.2, -0.15) is 0 Å². The number of halogens is 1. The van der Waals surface area contributed by atoms with Crippen molar-refractivity contribution in [1.29, 1.82) is 0 Å². The zero-order valence-electron chi connectivity index (χ0n) is 11.0. The lowest BCUT2D eigenvalue weighted by Gasteiger charge is -2.15. The van der Waals surface area contributed by atoms with Gasteiger partial charge in [-0.05, 0) is 13.8 Å². The van der Waals surface area contributed by atoms with E-state index in [1.807, 2.05) is 7.05 Å². The molecule has 1 aromatic heterocycles. The second-order valence-corrected chi connectivity index (χ2v) is 4.52. The highest BCUT2D eigenvalue weighted by molar-refractivity contribution is 6.33. The number of hydrogen-bond acceptors (Lipinski definition) is 6. The summed E-state index contributed by atoms with van der Waals surface area (Å²) >= 11 is 6.12. The SMILES string of the molecule is CCOC(=O)c1cnc(C2=C(Cl)CNN2C)nc1C. The van der Waals surface area contributed by atoms with Gasteiger partial charge in [0, 0.05) is 13.2 Å². The van der Waals surface area contributed by atoms with Crippen LogP contribution in [-0.4, -0.2) is 41.1 Å². The summed E-state index contributed by atoms with van der Waals surface area (Å²) < 4.78 is 4.94. The fourth-order valence-electron chi connectivity index (χ4n) is 1.79. The van der Waals surface area contributed by atoms with Crippen molar-refractivity contribution in [3.8, 4) is 0 Å². The zero-order chi connectivity index (χ0) is 14.0. The summed E-state index contributed by atoms with van der Waals surface area (Å²) in [7, 11) is 1.84. The summed E-state index contributed by atoms with van der Waals surface area (Å²) in [6.45, 7) is 4.37. The minimum Gasteiger partial charge on any atom is -0.462 e. The molecule has 0 saturated heterocycles. The Morgan fingerprint density at radius 3 is 2.89 bits per heavy atom. The minimum absolute atomic E-state index is 0.323. The highest BCUT2D eigenvalue weighted by atomic mass is 35.5. The summed E-state index contributed by atoms with van der Waals surface area (Å²) in [5.41, 5.74) is 4.71. The van der Waals surface area contributed by atoms with E-state index in [1.54, 1.807) is 18.9 Å². The molecule has 19 heavy (non-hydrogen) atoms. The van der Waals surface area contributed by atoms with Crippen molar-refractivity contribution >= 4 is 23.3 Å². The number of rotatable bonds is 3. The lowest BCUT2D eigenvalue weighted by Crippen LogP contribution is -2.27. The van der Waals surface area contributed by atoms with Crippen molar-refractivity contribution in [2.75, 3.05) is 20.2 Å². The zero-order valence-corrected chi connectivity index (χ0v) is 11.8. The number of aryl methyl sites for hydroxylation is 1. The fourth-order valence-corrected chi connectivity index (χ4v) is 2.07. The average molecular weight is 283 g/mol. The number of ether oxygens (including phenoxy) is 1. The van der Waals surface area contributed by atoms with Gasteiger partial charge < -0.3 is 9.75 Å². The summed E-state index contributed by atoms with van der Waals surface area (Å²) in [6.07, 6.45) is 1.47. The molecule has 7 heteroatoms. The van der Waals surface area contributed by atoms with E-state index in [2.05, 4.69) is 15.4 Å². The van der Waals surface area contributed by atoms with Crippen LogP contribution in [0.5, 0.6) is 0 Å². The van der Waals surface area contributed by atoms with Crippen molar-refractivity contribution in [1.82, 2.24) is 20.4 Å². The molecule has 0 amide bonds. The normalized spacial score (nSPS) is 15.1. The molecule has 0 aromatic carbocycles. The first kappa shape index (κ1) is 13.8.